The topological polar surface area (TPSA) is 28.4 Å². The van der Waals surface area contributed by atoms with Crippen molar-refractivity contribution in [3.63, 3.8) is 0 Å². The second-order valence-corrected chi connectivity index (χ2v) is 6.06. The van der Waals surface area contributed by atoms with Crippen LogP contribution in [0.4, 0.5) is 0 Å². The molecular formula is C16H28N2O. The molecule has 0 spiro atoms. The minimum atomic E-state index is 0.181. The molecule has 1 saturated heterocycles. The fourth-order valence-electron chi connectivity index (χ4n) is 3.44. The zero-order valence-corrected chi connectivity index (χ0v) is 12.2. The average Bonchev–Trinajstić information content (AvgIpc) is 2.93. The maximum Gasteiger partial charge on any atom is 0.0499 e. The Balaban J connectivity index is 1.77. The molecule has 2 heterocycles. The van der Waals surface area contributed by atoms with Crippen LogP contribution in [0.5, 0.6) is 0 Å². The Morgan fingerprint density at radius 2 is 2.00 bits per heavy atom. The highest BCUT2D eigenvalue weighted by molar-refractivity contribution is 4.90. The summed E-state index contributed by atoms with van der Waals surface area (Å²) in [7, 11) is 0. The summed E-state index contributed by atoms with van der Waals surface area (Å²) in [6, 6.07) is 4.16. The van der Waals surface area contributed by atoms with E-state index in [9.17, 15) is 5.11 Å². The molecule has 1 aromatic heterocycles. The van der Waals surface area contributed by atoms with Gasteiger partial charge in [0.15, 0.2) is 0 Å². The Kier molecular flexibility index (Phi) is 5.46. The smallest absolute Gasteiger partial charge is 0.0499 e. The van der Waals surface area contributed by atoms with Crippen molar-refractivity contribution in [1.29, 1.82) is 0 Å². The van der Waals surface area contributed by atoms with Crippen LogP contribution >= 0.6 is 0 Å². The number of aromatic nitrogens is 1. The summed E-state index contributed by atoms with van der Waals surface area (Å²) in [6.07, 6.45) is 10.2. The van der Waals surface area contributed by atoms with Gasteiger partial charge in [0.05, 0.1) is 0 Å². The summed E-state index contributed by atoms with van der Waals surface area (Å²) in [5.41, 5.74) is 0.181. The van der Waals surface area contributed by atoms with E-state index < -0.39 is 0 Å². The lowest BCUT2D eigenvalue weighted by Gasteiger charge is -2.42. The minimum absolute atomic E-state index is 0.181. The quantitative estimate of drug-likeness (QED) is 0.820. The summed E-state index contributed by atoms with van der Waals surface area (Å²) >= 11 is 0. The van der Waals surface area contributed by atoms with Gasteiger partial charge in [-0.15, -0.1) is 0 Å². The molecule has 1 fully saturated rings. The third-order valence-electron chi connectivity index (χ3n) is 4.41. The van der Waals surface area contributed by atoms with E-state index in [2.05, 4.69) is 40.9 Å². The number of rotatable bonds is 7. The van der Waals surface area contributed by atoms with Crippen molar-refractivity contribution in [2.24, 2.45) is 5.41 Å². The Morgan fingerprint density at radius 3 is 2.68 bits per heavy atom. The number of aryl methyl sites for hydroxylation is 1. The lowest BCUT2D eigenvalue weighted by molar-refractivity contribution is 0.0242. The van der Waals surface area contributed by atoms with E-state index in [0.717, 1.165) is 26.1 Å². The summed E-state index contributed by atoms with van der Waals surface area (Å²) in [6.45, 7) is 7.13. The molecule has 3 nitrogen and oxygen atoms in total. The van der Waals surface area contributed by atoms with Crippen molar-refractivity contribution < 1.29 is 5.11 Å². The van der Waals surface area contributed by atoms with Crippen molar-refractivity contribution in [1.82, 2.24) is 9.47 Å². The predicted molar refractivity (Wildman–Crippen MR) is 79.1 cm³/mol. The van der Waals surface area contributed by atoms with Gasteiger partial charge in [0.1, 0.15) is 0 Å². The Labute approximate surface area is 117 Å². The number of aliphatic hydroxyl groups is 1. The first-order valence-electron chi connectivity index (χ1n) is 7.72. The first-order valence-corrected chi connectivity index (χ1v) is 7.72. The second kappa shape index (κ2) is 7.11. The van der Waals surface area contributed by atoms with Crippen LogP contribution in [-0.4, -0.2) is 40.8 Å². The van der Waals surface area contributed by atoms with Crippen LogP contribution in [-0.2, 0) is 6.54 Å². The molecule has 0 aromatic carbocycles. The minimum Gasteiger partial charge on any atom is -0.396 e. The number of likely N-dealkylation sites (tertiary alicyclic amines) is 1. The molecular weight excluding hydrogens is 236 g/mol. The van der Waals surface area contributed by atoms with Gasteiger partial charge in [0, 0.05) is 37.5 Å². The number of hydrogen-bond donors (Lipinski definition) is 1. The van der Waals surface area contributed by atoms with E-state index in [0.29, 0.717) is 6.61 Å². The summed E-state index contributed by atoms with van der Waals surface area (Å²) in [5, 5.41) is 9.74. The van der Waals surface area contributed by atoms with Crippen molar-refractivity contribution in [3.8, 4) is 0 Å². The number of aliphatic hydroxyl groups excluding tert-OH is 1. The van der Waals surface area contributed by atoms with Crippen LogP contribution in [0.15, 0.2) is 24.5 Å². The molecule has 0 aliphatic carbocycles. The maximum absolute atomic E-state index is 9.74. The number of piperidine rings is 1. The van der Waals surface area contributed by atoms with E-state index in [4.69, 9.17) is 0 Å². The first-order chi connectivity index (χ1) is 9.28. The fraction of sp³-hybridized carbons (Fsp3) is 0.750. The molecule has 1 N–H and O–H groups in total. The number of nitrogens with zero attached hydrogens (tertiary/aromatic N) is 2. The molecule has 1 aliphatic heterocycles. The second-order valence-electron chi connectivity index (χ2n) is 6.06. The van der Waals surface area contributed by atoms with Crippen LogP contribution in [0, 0.1) is 5.41 Å². The van der Waals surface area contributed by atoms with Gasteiger partial charge in [0.2, 0.25) is 0 Å². The third-order valence-corrected chi connectivity index (χ3v) is 4.41. The van der Waals surface area contributed by atoms with Gasteiger partial charge in [-0.05, 0) is 50.9 Å². The lowest BCUT2D eigenvalue weighted by atomic mass is 9.77. The molecule has 0 saturated carbocycles. The first kappa shape index (κ1) is 14.6. The average molecular weight is 264 g/mol. The van der Waals surface area contributed by atoms with Gasteiger partial charge in [-0.1, -0.05) is 13.3 Å². The van der Waals surface area contributed by atoms with Crippen LogP contribution in [0.2, 0.25) is 0 Å². The van der Waals surface area contributed by atoms with Crippen LogP contribution in [0.1, 0.15) is 39.0 Å². The molecule has 0 radical (unpaired) electrons. The van der Waals surface area contributed by atoms with E-state index in [1.165, 1.54) is 32.2 Å². The maximum atomic E-state index is 9.74. The molecule has 1 aliphatic rings. The molecule has 2 rings (SSSR count). The molecule has 3 heteroatoms. The summed E-state index contributed by atoms with van der Waals surface area (Å²) in [4.78, 5) is 2.55. The highest BCUT2D eigenvalue weighted by atomic mass is 16.3. The zero-order valence-electron chi connectivity index (χ0n) is 12.2. The van der Waals surface area contributed by atoms with Gasteiger partial charge >= 0.3 is 0 Å². The van der Waals surface area contributed by atoms with Gasteiger partial charge in [-0.2, -0.15) is 0 Å². The molecule has 108 valence electrons. The van der Waals surface area contributed by atoms with Crippen molar-refractivity contribution >= 4 is 0 Å². The third kappa shape index (κ3) is 4.08. The monoisotopic (exact) mass is 264 g/mol. The normalized spacial score (nSPS) is 24.7. The molecule has 1 unspecified atom stereocenters. The van der Waals surface area contributed by atoms with Crippen LogP contribution in [0.3, 0.4) is 0 Å². The van der Waals surface area contributed by atoms with Crippen molar-refractivity contribution in [2.45, 2.75) is 45.6 Å². The summed E-state index contributed by atoms with van der Waals surface area (Å²) in [5.74, 6) is 0. The molecule has 1 aromatic rings. The van der Waals surface area contributed by atoms with E-state index in [1.807, 2.05) is 0 Å². The van der Waals surface area contributed by atoms with E-state index in [-0.39, 0.29) is 5.41 Å². The Morgan fingerprint density at radius 1 is 1.21 bits per heavy atom. The molecule has 19 heavy (non-hydrogen) atoms. The highest BCUT2D eigenvalue weighted by Crippen LogP contribution is 2.34. The van der Waals surface area contributed by atoms with Crippen LogP contribution in [0.25, 0.3) is 0 Å². The molecule has 0 bridgehead atoms. The van der Waals surface area contributed by atoms with Gasteiger partial charge in [0.25, 0.3) is 0 Å². The highest BCUT2D eigenvalue weighted by Gasteiger charge is 2.33. The SMILES string of the molecule is CCCC1(CO)CCCN(CCCn2cccc2)C1. The van der Waals surface area contributed by atoms with Crippen LogP contribution < -0.4 is 0 Å². The predicted octanol–water partition coefficient (Wildman–Crippen LogP) is 2.75. The lowest BCUT2D eigenvalue weighted by Crippen LogP contribution is -2.45. The zero-order chi connectivity index (χ0) is 13.6. The van der Waals surface area contributed by atoms with Gasteiger partial charge in [-0.25, -0.2) is 0 Å². The largest absolute Gasteiger partial charge is 0.396 e. The fourth-order valence-corrected chi connectivity index (χ4v) is 3.44. The van der Waals surface area contributed by atoms with Gasteiger partial charge in [-0.3, -0.25) is 0 Å². The Hall–Kier alpha value is -0.800. The molecule has 1 atom stereocenters. The van der Waals surface area contributed by atoms with E-state index >= 15 is 0 Å². The van der Waals surface area contributed by atoms with Gasteiger partial charge < -0.3 is 14.6 Å². The van der Waals surface area contributed by atoms with Crippen molar-refractivity contribution in [2.75, 3.05) is 26.2 Å². The standard InChI is InChI=1S/C16H28N2O/c1-2-7-16(15-19)8-5-11-18(14-16)13-6-12-17-9-3-4-10-17/h3-4,9-10,19H,2,5-8,11-15H2,1H3. The summed E-state index contributed by atoms with van der Waals surface area (Å²) < 4.78 is 2.25. The molecule has 0 amide bonds. The Bertz CT molecular complexity index is 346. The van der Waals surface area contributed by atoms with Crippen molar-refractivity contribution in [3.05, 3.63) is 24.5 Å². The van der Waals surface area contributed by atoms with E-state index in [1.54, 1.807) is 0 Å². The number of hydrogen-bond acceptors (Lipinski definition) is 2.